The van der Waals surface area contributed by atoms with Crippen LogP contribution in [0, 0.1) is 0 Å². The fourth-order valence-corrected chi connectivity index (χ4v) is 2.54. The van der Waals surface area contributed by atoms with Gasteiger partial charge in [-0.1, -0.05) is 30.3 Å². The van der Waals surface area contributed by atoms with Crippen molar-refractivity contribution in [2.24, 2.45) is 0 Å². The first kappa shape index (κ1) is 21.4. The number of nitrogens with one attached hydrogen (secondary N) is 1. The van der Waals surface area contributed by atoms with Gasteiger partial charge in [-0.25, -0.2) is 0 Å². The quantitative estimate of drug-likeness (QED) is 0.704. The van der Waals surface area contributed by atoms with Crippen molar-refractivity contribution in [2.45, 2.75) is 32.2 Å². The van der Waals surface area contributed by atoms with E-state index in [2.05, 4.69) is 5.32 Å². The zero-order valence-electron chi connectivity index (χ0n) is 15.3. The largest absolute Gasteiger partial charge is 0.481 e. The maximum atomic E-state index is 13.0. The molecule has 0 aliphatic carbocycles. The average Bonchev–Trinajstić information content (AvgIpc) is 2.65. The van der Waals surface area contributed by atoms with Gasteiger partial charge in [0.1, 0.15) is 5.75 Å². The summed E-state index contributed by atoms with van der Waals surface area (Å²) < 4.78 is 44.5. The number of carbonyl (C=O) groups is 2. The van der Waals surface area contributed by atoms with Crippen LogP contribution in [-0.4, -0.2) is 29.4 Å². The molecule has 0 spiro atoms. The first-order valence-corrected chi connectivity index (χ1v) is 8.49. The van der Waals surface area contributed by atoms with Crippen molar-refractivity contribution >= 4 is 11.7 Å². The number of benzene rings is 2. The number of carbonyl (C=O) groups excluding carboxylic acids is 2. The second kappa shape index (κ2) is 8.88. The maximum Gasteiger partial charge on any atom is 0.416 e. The molecule has 0 bridgehead atoms. The maximum absolute atomic E-state index is 13.0. The highest BCUT2D eigenvalue weighted by atomic mass is 19.4. The lowest BCUT2D eigenvalue weighted by Gasteiger charge is -2.19. The Kier molecular flexibility index (Phi) is 6.80. The number of amides is 1. The molecular formula is C20H20F3NO4. The number of ether oxygens (including phenoxy) is 1. The third kappa shape index (κ3) is 5.56. The van der Waals surface area contributed by atoms with Crippen molar-refractivity contribution in [3.8, 4) is 5.75 Å². The number of ketones is 1. The fraction of sp³-hybridized carbons (Fsp3) is 0.300. The second-order valence-electron chi connectivity index (χ2n) is 6.19. The van der Waals surface area contributed by atoms with Crippen LogP contribution in [0.15, 0.2) is 48.5 Å². The van der Waals surface area contributed by atoms with Crippen molar-refractivity contribution in [1.29, 1.82) is 0 Å². The third-order valence-electron chi connectivity index (χ3n) is 4.02. The minimum atomic E-state index is -4.61. The van der Waals surface area contributed by atoms with Gasteiger partial charge in [-0.2, -0.15) is 13.2 Å². The molecule has 2 N–H and O–H groups in total. The van der Waals surface area contributed by atoms with Gasteiger partial charge in [-0.15, -0.1) is 0 Å². The van der Waals surface area contributed by atoms with E-state index in [1.165, 1.54) is 32.0 Å². The minimum Gasteiger partial charge on any atom is -0.481 e. The van der Waals surface area contributed by atoms with Crippen LogP contribution >= 0.6 is 0 Å². The average molecular weight is 395 g/mol. The minimum absolute atomic E-state index is 0.158. The van der Waals surface area contributed by atoms with E-state index in [-0.39, 0.29) is 11.3 Å². The fourth-order valence-electron chi connectivity index (χ4n) is 2.54. The number of halogens is 3. The number of aliphatic hydroxyl groups excluding tert-OH is 1. The van der Waals surface area contributed by atoms with Crippen molar-refractivity contribution in [1.82, 2.24) is 5.32 Å². The third-order valence-corrected chi connectivity index (χ3v) is 4.02. The Balaban J connectivity index is 1.98. The number of rotatable bonds is 7. The summed E-state index contributed by atoms with van der Waals surface area (Å²) in [7, 11) is 0. The Morgan fingerprint density at radius 1 is 1.14 bits per heavy atom. The van der Waals surface area contributed by atoms with Gasteiger partial charge >= 0.3 is 6.18 Å². The topological polar surface area (TPSA) is 75.6 Å². The van der Waals surface area contributed by atoms with Gasteiger partial charge in [0.05, 0.1) is 11.7 Å². The highest BCUT2D eigenvalue weighted by Gasteiger charge is 2.34. The van der Waals surface area contributed by atoms with Crippen molar-refractivity contribution < 1.29 is 32.6 Å². The first-order valence-electron chi connectivity index (χ1n) is 8.49. The van der Waals surface area contributed by atoms with Gasteiger partial charge in [-0.05, 0) is 37.6 Å². The summed E-state index contributed by atoms with van der Waals surface area (Å²) in [6, 6.07) is 10.9. The Hall–Kier alpha value is -2.87. The van der Waals surface area contributed by atoms with E-state index in [0.29, 0.717) is 11.3 Å². The molecule has 0 aliphatic rings. The van der Waals surface area contributed by atoms with Gasteiger partial charge in [0.25, 0.3) is 5.91 Å². The Morgan fingerprint density at radius 2 is 1.82 bits per heavy atom. The molecule has 0 heterocycles. The molecule has 5 nitrogen and oxygen atoms in total. The summed E-state index contributed by atoms with van der Waals surface area (Å²) in [6.07, 6.45) is -7.12. The monoisotopic (exact) mass is 395 g/mol. The molecule has 2 aromatic carbocycles. The SMILES string of the molecule is CC(=O)c1cccc(OC(C)C(=O)NCC(O)c2ccccc2C(F)(F)F)c1. The number of hydrogen-bond acceptors (Lipinski definition) is 4. The molecule has 28 heavy (non-hydrogen) atoms. The lowest BCUT2D eigenvalue weighted by Crippen LogP contribution is -2.38. The van der Waals surface area contributed by atoms with Gasteiger partial charge < -0.3 is 15.2 Å². The van der Waals surface area contributed by atoms with Crippen LogP contribution in [0.3, 0.4) is 0 Å². The predicted molar refractivity (Wildman–Crippen MR) is 96.0 cm³/mol. The molecule has 2 aromatic rings. The zero-order valence-corrected chi connectivity index (χ0v) is 15.3. The summed E-state index contributed by atoms with van der Waals surface area (Å²) >= 11 is 0. The summed E-state index contributed by atoms with van der Waals surface area (Å²) in [4.78, 5) is 23.5. The molecular weight excluding hydrogens is 375 g/mol. The molecule has 0 aliphatic heterocycles. The molecule has 8 heteroatoms. The normalized spacial score (nSPS) is 13.5. The van der Waals surface area contributed by atoms with E-state index in [1.807, 2.05) is 0 Å². The predicted octanol–water partition coefficient (Wildman–Crippen LogP) is 3.53. The van der Waals surface area contributed by atoms with Crippen LogP contribution in [-0.2, 0) is 11.0 Å². The van der Waals surface area contributed by atoms with E-state index in [4.69, 9.17) is 4.74 Å². The van der Waals surface area contributed by atoms with Gasteiger partial charge in [0.15, 0.2) is 11.9 Å². The lowest BCUT2D eigenvalue weighted by atomic mass is 10.0. The van der Waals surface area contributed by atoms with Crippen LogP contribution in [0.1, 0.15) is 41.4 Å². The van der Waals surface area contributed by atoms with Crippen LogP contribution in [0.25, 0.3) is 0 Å². The Bertz CT molecular complexity index is 851. The molecule has 2 rings (SSSR count). The smallest absolute Gasteiger partial charge is 0.416 e. The van der Waals surface area contributed by atoms with Crippen molar-refractivity contribution in [3.63, 3.8) is 0 Å². The summed E-state index contributed by atoms with van der Waals surface area (Å²) in [6.45, 7) is 2.44. The number of aliphatic hydroxyl groups is 1. The molecule has 150 valence electrons. The highest BCUT2D eigenvalue weighted by Crippen LogP contribution is 2.34. The van der Waals surface area contributed by atoms with E-state index >= 15 is 0 Å². The van der Waals surface area contributed by atoms with Crippen molar-refractivity contribution in [3.05, 3.63) is 65.2 Å². The van der Waals surface area contributed by atoms with E-state index in [1.54, 1.807) is 18.2 Å². The molecule has 0 radical (unpaired) electrons. The first-order chi connectivity index (χ1) is 13.1. The molecule has 2 unspecified atom stereocenters. The van der Waals surface area contributed by atoms with E-state index in [9.17, 15) is 27.9 Å². The molecule has 0 saturated heterocycles. The van der Waals surface area contributed by atoms with Gasteiger partial charge in [0, 0.05) is 12.1 Å². The lowest BCUT2D eigenvalue weighted by molar-refractivity contribution is -0.139. The second-order valence-corrected chi connectivity index (χ2v) is 6.19. The van der Waals surface area contributed by atoms with Crippen LogP contribution in [0.5, 0.6) is 5.75 Å². The molecule has 0 aromatic heterocycles. The van der Waals surface area contributed by atoms with Crippen LogP contribution in [0.4, 0.5) is 13.2 Å². The summed E-state index contributed by atoms with van der Waals surface area (Å²) in [5.74, 6) is -0.468. The summed E-state index contributed by atoms with van der Waals surface area (Å²) in [5, 5.41) is 12.5. The van der Waals surface area contributed by atoms with Crippen LogP contribution < -0.4 is 10.1 Å². The number of Topliss-reactive ketones (excluding diaryl/α,β-unsaturated/α-hetero) is 1. The van der Waals surface area contributed by atoms with Gasteiger partial charge in [-0.3, -0.25) is 9.59 Å². The Labute approximate surface area is 160 Å². The zero-order chi connectivity index (χ0) is 20.9. The van der Waals surface area contributed by atoms with Gasteiger partial charge in [0.2, 0.25) is 0 Å². The molecule has 1 amide bonds. The van der Waals surface area contributed by atoms with E-state index < -0.39 is 36.4 Å². The van der Waals surface area contributed by atoms with Crippen molar-refractivity contribution in [2.75, 3.05) is 6.54 Å². The standard InChI is InChI=1S/C20H20F3NO4/c1-12(25)14-6-5-7-15(10-14)28-13(2)19(27)24-11-18(26)16-8-3-4-9-17(16)20(21,22)23/h3-10,13,18,26H,11H2,1-2H3,(H,24,27). The molecule has 0 fully saturated rings. The van der Waals surface area contributed by atoms with Crippen LogP contribution in [0.2, 0.25) is 0 Å². The number of hydrogen-bond donors (Lipinski definition) is 2. The Morgan fingerprint density at radius 3 is 2.46 bits per heavy atom. The van der Waals surface area contributed by atoms with E-state index in [0.717, 1.165) is 12.1 Å². The molecule has 2 atom stereocenters. The molecule has 0 saturated carbocycles. The number of alkyl halides is 3. The highest BCUT2D eigenvalue weighted by molar-refractivity contribution is 5.94. The summed E-state index contributed by atoms with van der Waals surface area (Å²) in [5.41, 5.74) is -0.857.